The van der Waals surface area contributed by atoms with Gasteiger partial charge in [0.25, 0.3) is 0 Å². The predicted octanol–water partition coefficient (Wildman–Crippen LogP) is 25.6. The number of fused-ring (bicyclic) bond motifs is 9. The third-order valence-corrected chi connectivity index (χ3v) is 19.3. The third kappa shape index (κ3) is 47.7. The van der Waals surface area contributed by atoms with Crippen LogP contribution in [0.2, 0.25) is 0 Å². The average molecular weight is 1970 g/mol. The zero-order chi connectivity index (χ0) is 100. The van der Waals surface area contributed by atoms with E-state index in [1.807, 2.05) is 283 Å². The number of nitrogens with zero attached hydrogens (tertiary/aromatic N) is 22. The molecule has 31 nitrogen and oxygen atoms in total. The minimum absolute atomic E-state index is 0.483. The summed E-state index contributed by atoms with van der Waals surface area (Å²) >= 11 is 4.99. The number of ether oxygens (including phenoxy) is 1. The largest absolute Gasteiger partial charge is 0.479 e. The van der Waals surface area contributed by atoms with Crippen molar-refractivity contribution in [2.24, 2.45) is 4.99 Å². The number of aliphatic imine (C=N–C) groups is 1. The maximum Gasteiger partial charge on any atom is 0.181 e. The molecule has 0 radical (unpaired) electrons. The number of thiazole rings is 2. The Morgan fingerprint density at radius 1 is 0.276 bits per heavy atom. The Morgan fingerprint density at radius 3 is 1.30 bits per heavy atom. The summed E-state index contributed by atoms with van der Waals surface area (Å²) in [5, 5.41) is 18.4. The molecule has 720 valence electrons. The number of imidazole rings is 3. The lowest BCUT2D eigenvalue weighted by Crippen LogP contribution is -1.86. The van der Waals surface area contributed by atoms with Gasteiger partial charge in [0, 0.05) is 133 Å². The van der Waals surface area contributed by atoms with Crippen molar-refractivity contribution in [3.63, 3.8) is 0 Å². The molecule has 0 unspecified atom stereocenters. The van der Waals surface area contributed by atoms with Gasteiger partial charge >= 0.3 is 0 Å². The zero-order valence-electron chi connectivity index (χ0n) is 78.1. The molecule has 20 heterocycles. The minimum Gasteiger partial charge on any atom is -0.479 e. The Morgan fingerprint density at radius 2 is 0.855 bits per heavy atom. The van der Waals surface area contributed by atoms with Crippen LogP contribution in [0.1, 0.15) is 0 Å². The van der Waals surface area contributed by atoms with E-state index in [4.69, 9.17) is 9.15 Å². The van der Waals surface area contributed by atoms with E-state index in [1.54, 1.807) is 176 Å². The van der Waals surface area contributed by atoms with E-state index in [0.29, 0.717) is 12.4 Å². The molecule has 0 saturated heterocycles. The lowest BCUT2D eigenvalue weighted by atomic mass is 10.1. The molecule has 145 heavy (non-hydrogen) atoms. The van der Waals surface area contributed by atoms with Crippen molar-refractivity contribution in [3.8, 4) is 0 Å². The molecule has 0 spiro atoms. The van der Waals surface area contributed by atoms with Crippen molar-refractivity contribution >= 4 is 138 Å². The number of aromatic amines is 6. The van der Waals surface area contributed by atoms with Crippen LogP contribution in [-0.4, -0.2) is 148 Å². The molecule has 1 aliphatic heterocycles. The third-order valence-electron chi connectivity index (χ3n) is 17.3. The molecule has 0 aliphatic carbocycles. The van der Waals surface area contributed by atoms with Gasteiger partial charge in [0.2, 0.25) is 0 Å². The molecular formula is C111H100N28O3S3. The van der Waals surface area contributed by atoms with Gasteiger partial charge in [-0.05, 0) is 166 Å². The number of nitrogens with one attached hydrogen (secondary N) is 6. The summed E-state index contributed by atoms with van der Waals surface area (Å²) in [5.41, 5.74) is 15.2. The van der Waals surface area contributed by atoms with Gasteiger partial charge in [-0.3, -0.25) is 35.0 Å². The van der Waals surface area contributed by atoms with E-state index in [1.165, 1.54) is 82.4 Å². The Kier molecular flexibility index (Phi) is 53.6. The number of benzene rings is 9. The van der Waals surface area contributed by atoms with Gasteiger partial charge in [-0.2, -0.15) is 16.4 Å². The topological polar surface area (TPSA) is 413 Å². The van der Waals surface area contributed by atoms with Crippen LogP contribution < -0.4 is 0 Å². The van der Waals surface area contributed by atoms with Crippen LogP contribution in [0.25, 0.3) is 98.2 Å². The fourth-order valence-corrected chi connectivity index (χ4v) is 12.3. The van der Waals surface area contributed by atoms with Crippen LogP contribution in [0.4, 0.5) is 0 Å². The summed E-state index contributed by atoms with van der Waals surface area (Å²) < 4.78 is 15.4. The highest BCUT2D eigenvalue weighted by molar-refractivity contribution is 7.16. The fraction of sp³-hybridized carbons (Fsp3) is 0.00901. The Bertz CT molecular complexity index is 6150. The Hall–Kier alpha value is -19.8. The molecule has 9 aromatic carbocycles. The number of H-pyrrole nitrogens is 6. The molecule has 0 atom stereocenters. The van der Waals surface area contributed by atoms with E-state index in [-0.39, 0.29) is 0 Å². The minimum atomic E-state index is 0.483. The van der Waals surface area contributed by atoms with Gasteiger partial charge in [-0.1, -0.05) is 194 Å². The molecule has 28 aromatic rings. The van der Waals surface area contributed by atoms with Gasteiger partial charge in [0.1, 0.15) is 48.9 Å². The molecule has 0 saturated carbocycles. The average Bonchev–Trinajstić information content (AvgIpc) is 1.21. The molecule has 1 aliphatic rings. The highest BCUT2D eigenvalue weighted by atomic mass is 32.1. The van der Waals surface area contributed by atoms with Crippen LogP contribution in [0.5, 0.6) is 0 Å². The maximum absolute atomic E-state index is 5.01. The molecule has 34 heteroatoms. The van der Waals surface area contributed by atoms with E-state index >= 15 is 0 Å². The van der Waals surface area contributed by atoms with Crippen LogP contribution in [0.3, 0.4) is 0 Å². The number of allylic oxidation sites excluding steroid dienone is 1. The van der Waals surface area contributed by atoms with Gasteiger partial charge in [-0.25, -0.2) is 74.8 Å². The number of para-hydroxylation sites is 9. The van der Waals surface area contributed by atoms with Gasteiger partial charge in [0.05, 0.1) is 86.5 Å². The highest BCUT2D eigenvalue weighted by Crippen LogP contribution is 2.17. The normalized spacial score (nSPS) is 9.63. The molecule has 6 N–H and O–H groups in total. The van der Waals surface area contributed by atoms with Crippen LogP contribution in [0, 0.1) is 0 Å². The quantitative estimate of drug-likeness (QED) is 0.0821. The molecule has 0 amide bonds. The smallest absolute Gasteiger partial charge is 0.181 e. The molecular weight excluding hydrogens is 1870 g/mol. The van der Waals surface area contributed by atoms with E-state index in [9.17, 15) is 0 Å². The summed E-state index contributed by atoms with van der Waals surface area (Å²) in [4.78, 5) is 95.5. The number of oxazole rings is 2. The van der Waals surface area contributed by atoms with Crippen molar-refractivity contribution in [3.05, 3.63) is 554 Å². The number of hydrogen-bond acceptors (Lipinski definition) is 28. The summed E-state index contributed by atoms with van der Waals surface area (Å²) in [6.07, 6.45) is 54.9. The summed E-state index contributed by atoms with van der Waals surface area (Å²) in [6.45, 7) is 0.483. The maximum atomic E-state index is 5.01. The monoisotopic (exact) mass is 1970 g/mol. The zero-order valence-corrected chi connectivity index (χ0v) is 80.6. The Labute approximate surface area is 847 Å². The SMILES string of the molecule is C1=COCN=C1.c1c[nH]cn1.c1cc[nH]c1.c1ccc2[nH]ccc2c1.c1ccc2[nH]cnc2c1.c1ccc2ccccc2c1.c1ccc2ncccc2c1.c1ccc2nccnc2c1.c1ccc2ocnc2c1.c1ccc2scnc2c1.c1ccccc1.c1ccncc1.c1ccsc1.c1cn[nH]c1.c1cnc2ncccc2c1.c1cncnc1.c1cocn1.c1cscn1.c1ncc2[nH]cnc2n1.c1ncncn1. The summed E-state index contributed by atoms with van der Waals surface area (Å²) in [7, 11) is 0. The van der Waals surface area contributed by atoms with Crippen molar-refractivity contribution in [2.45, 2.75) is 0 Å². The van der Waals surface area contributed by atoms with Crippen LogP contribution in [0.15, 0.2) is 568 Å². The van der Waals surface area contributed by atoms with E-state index in [2.05, 4.69) is 229 Å². The van der Waals surface area contributed by atoms with E-state index in [0.717, 1.165) is 60.8 Å². The lowest BCUT2D eigenvalue weighted by molar-refractivity contribution is 0.259. The number of pyridine rings is 4. The van der Waals surface area contributed by atoms with Crippen LogP contribution >= 0.6 is 34.0 Å². The number of rotatable bonds is 0. The Balaban J connectivity index is 0.000000157. The second kappa shape index (κ2) is 72.5. The first-order valence-electron chi connectivity index (χ1n) is 44.2. The lowest BCUT2D eigenvalue weighted by Gasteiger charge is -1.94. The molecule has 19 aromatic heterocycles. The second-order valence-electron chi connectivity index (χ2n) is 27.3. The standard InChI is InChI=1S/C10H8.C9H7N.2C8H6N2.C8H7N.C7H6N2.C7H5NO.C7H5NS.C6H6.C5H4N4.C5H5N.C4H4N2.C4H5NO.C4H5N.C4H4S.C3H3N3.2C3H4N2.C3H3NO.C3H3NS/c1-2-6-10-8-4-3-7-9(10)5-1;1-2-6-9-8(4-1)5-3-7-10-9;1-3-7-4-2-6-10-8(7)9-5-1;1-2-4-8-7(3-1)9-5-6-10-8;1-2-4-8-7(3-1)5-6-9-8;3*1-2-4-7-6(3-1)8-5-9-7;1-2-4-6-5-3-1;1-4-5(8-2-6-1)9-3-7-4;1-2-4-6-5-3-1;2*1-2-5-4-6-3-1;2*1-2-4-5-3-1;1-4-2-6-3-5-1;1-2-5-3-4-1;1-2-4-5-3-1;2*1-2-5-3-4-1/h1-8H;1-7H;2*1-6H;1-6,9H;1-5H,(H,8,9);2*1-5H;1-6H;1-3H,(H,6,7,8,9);1-5H;1-4H;1-3H,4H2;1-5H;1-4H;1-3H;2*1-3H,(H,4,5);2*1-3H. The van der Waals surface area contributed by atoms with Crippen molar-refractivity contribution in [1.29, 1.82) is 0 Å². The highest BCUT2D eigenvalue weighted by Gasteiger charge is 1.97. The summed E-state index contributed by atoms with van der Waals surface area (Å²) in [5.74, 6) is 0. The first-order valence-corrected chi connectivity index (χ1v) is 47.0. The van der Waals surface area contributed by atoms with Gasteiger partial charge in [0.15, 0.2) is 36.4 Å². The van der Waals surface area contributed by atoms with Crippen molar-refractivity contribution < 1.29 is 13.6 Å². The molecule has 0 bridgehead atoms. The second-order valence-corrected chi connectivity index (χ2v) is 29.8. The number of aromatic nitrogens is 27. The fourth-order valence-electron chi connectivity index (χ4n) is 10.9. The van der Waals surface area contributed by atoms with Crippen molar-refractivity contribution in [1.82, 2.24) is 135 Å². The number of thiophene rings is 1. The molecule has 29 rings (SSSR count). The van der Waals surface area contributed by atoms with E-state index < -0.39 is 0 Å². The van der Waals surface area contributed by atoms with Crippen LogP contribution in [-0.2, 0) is 4.74 Å². The first kappa shape index (κ1) is 107. The van der Waals surface area contributed by atoms with Crippen molar-refractivity contribution in [2.75, 3.05) is 6.73 Å². The predicted molar refractivity (Wildman–Crippen MR) is 581 cm³/mol. The van der Waals surface area contributed by atoms with Gasteiger partial charge < -0.3 is 38.5 Å². The molecule has 0 fully saturated rings. The van der Waals surface area contributed by atoms with Gasteiger partial charge in [-0.15, -0.1) is 22.7 Å². The number of hydrogen-bond donors (Lipinski definition) is 6. The summed E-state index contributed by atoms with van der Waals surface area (Å²) in [6, 6.07) is 108. The first-order chi connectivity index (χ1) is 72.2.